The molecule has 1 aliphatic rings. The first-order valence-corrected chi connectivity index (χ1v) is 8.64. The Morgan fingerprint density at radius 3 is 2.78 bits per heavy atom. The molecule has 27 heavy (non-hydrogen) atoms. The van der Waals surface area contributed by atoms with E-state index in [2.05, 4.69) is 19.7 Å². The number of carbonyl (C=O) groups excluding carboxylic acids is 1. The molecule has 0 spiro atoms. The Kier molecular flexibility index (Phi) is 4.49. The number of fused-ring (bicyclic) bond motifs is 1. The lowest BCUT2D eigenvalue weighted by atomic mass is 10.0. The van der Waals surface area contributed by atoms with Crippen LogP contribution < -0.4 is 4.90 Å². The van der Waals surface area contributed by atoms with Crippen LogP contribution in [0.25, 0.3) is 16.9 Å². The highest BCUT2D eigenvalue weighted by molar-refractivity contribution is 5.91. The van der Waals surface area contributed by atoms with E-state index in [4.69, 9.17) is 4.74 Å². The fraction of sp³-hybridized carbons (Fsp3) is 0.316. The molecule has 1 aliphatic heterocycles. The summed E-state index contributed by atoms with van der Waals surface area (Å²) in [6.07, 6.45) is 3.45. The molecule has 0 saturated carbocycles. The summed E-state index contributed by atoms with van der Waals surface area (Å²) in [5, 5.41) is 4.60. The summed E-state index contributed by atoms with van der Waals surface area (Å²) in [6.45, 7) is 4.58. The highest BCUT2D eigenvalue weighted by Crippen LogP contribution is 2.30. The van der Waals surface area contributed by atoms with E-state index in [1.165, 1.54) is 19.2 Å². The Morgan fingerprint density at radius 1 is 1.26 bits per heavy atom. The Bertz CT molecular complexity index is 1010. The quantitative estimate of drug-likeness (QED) is 0.660. The molecule has 7 nitrogen and oxygen atoms in total. The van der Waals surface area contributed by atoms with Crippen molar-refractivity contribution in [2.75, 3.05) is 38.3 Å². The molecule has 1 saturated heterocycles. The Balaban J connectivity index is 1.88. The van der Waals surface area contributed by atoms with Gasteiger partial charge >= 0.3 is 5.97 Å². The molecule has 0 unspecified atom stereocenters. The summed E-state index contributed by atoms with van der Waals surface area (Å²) in [7, 11) is 1.23. The molecule has 3 heterocycles. The van der Waals surface area contributed by atoms with Gasteiger partial charge in [0.1, 0.15) is 5.82 Å². The van der Waals surface area contributed by atoms with E-state index in [0.717, 1.165) is 24.4 Å². The predicted molar refractivity (Wildman–Crippen MR) is 97.5 cm³/mol. The van der Waals surface area contributed by atoms with Crippen LogP contribution in [0.4, 0.5) is 10.1 Å². The first-order valence-electron chi connectivity index (χ1n) is 8.64. The number of halogens is 1. The molecular weight excluding hydrogens is 351 g/mol. The number of morpholine rings is 1. The van der Waals surface area contributed by atoms with Crippen LogP contribution in [-0.4, -0.2) is 54.0 Å². The molecule has 1 aromatic carbocycles. The zero-order valence-electron chi connectivity index (χ0n) is 15.1. The van der Waals surface area contributed by atoms with E-state index >= 15 is 0 Å². The minimum absolute atomic E-state index is 0.112. The number of aromatic nitrogens is 3. The number of ether oxygens (including phenoxy) is 2. The molecule has 140 valence electrons. The van der Waals surface area contributed by atoms with Crippen molar-refractivity contribution in [2.24, 2.45) is 0 Å². The molecule has 0 N–H and O–H groups in total. The third kappa shape index (κ3) is 3.12. The number of benzene rings is 1. The van der Waals surface area contributed by atoms with Crippen LogP contribution in [-0.2, 0) is 9.47 Å². The van der Waals surface area contributed by atoms with Gasteiger partial charge in [0.25, 0.3) is 0 Å². The summed E-state index contributed by atoms with van der Waals surface area (Å²) in [4.78, 5) is 18.5. The second-order valence-electron chi connectivity index (χ2n) is 6.35. The highest BCUT2D eigenvalue weighted by atomic mass is 19.1. The van der Waals surface area contributed by atoms with Gasteiger partial charge < -0.3 is 14.4 Å². The summed E-state index contributed by atoms with van der Waals surface area (Å²) < 4.78 is 26.0. The lowest BCUT2D eigenvalue weighted by Gasteiger charge is -2.29. The number of hydrogen-bond donors (Lipinski definition) is 0. The van der Waals surface area contributed by atoms with Crippen LogP contribution in [0.3, 0.4) is 0 Å². The molecule has 0 radical (unpaired) electrons. The molecule has 0 amide bonds. The molecular formula is C19H19FN4O3. The second kappa shape index (κ2) is 6.96. The average molecular weight is 370 g/mol. The lowest BCUT2D eigenvalue weighted by molar-refractivity contribution is 0.0595. The van der Waals surface area contributed by atoms with Crippen molar-refractivity contribution in [1.82, 2.24) is 14.6 Å². The fourth-order valence-electron chi connectivity index (χ4n) is 3.28. The fourth-order valence-corrected chi connectivity index (χ4v) is 3.28. The standard InChI is InChI=1S/C19H19FN4O3/c1-12-9-15(20)14(19(25)26-2)10-13(12)16-11-17(23-5-7-27-8-6-23)18-21-3-4-24(18)22-16/h3-4,9-11H,5-8H2,1-2H3. The summed E-state index contributed by atoms with van der Waals surface area (Å²) in [6, 6.07) is 4.75. The molecule has 1 fully saturated rings. The summed E-state index contributed by atoms with van der Waals surface area (Å²) in [5.41, 5.74) is 3.54. The molecule has 0 aliphatic carbocycles. The maximum atomic E-state index is 14.2. The van der Waals surface area contributed by atoms with Gasteiger partial charge in [-0.3, -0.25) is 0 Å². The maximum Gasteiger partial charge on any atom is 0.340 e. The number of imidazole rings is 1. The van der Waals surface area contributed by atoms with Gasteiger partial charge in [0.2, 0.25) is 0 Å². The van der Waals surface area contributed by atoms with E-state index in [1.54, 1.807) is 23.8 Å². The average Bonchev–Trinajstić information content (AvgIpc) is 3.16. The van der Waals surface area contributed by atoms with Gasteiger partial charge in [-0.1, -0.05) is 0 Å². The van der Waals surface area contributed by atoms with Crippen molar-refractivity contribution < 1.29 is 18.7 Å². The number of hydrogen-bond acceptors (Lipinski definition) is 6. The van der Waals surface area contributed by atoms with E-state index < -0.39 is 11.8 Å². The van der Waals surface area contributed by atoms with Crippen molar-refractivity contribution in [3.8, 4) is 11.3 Å². The third-order valence-corrected chi connectivity index (χ3v) is 4.69. The normalized spacial score (nSPS) is 14.6. The molecule has 3 aromatic rings. The largest absolute Gasteiger partial charge is 0.465 e. The Hall–Kier alpha value is -3.00. The molecule has 0 atom stereocenters. The van der Waals surface area contributed by atoms with Crippen LogP contribution in [0.1, 0.15) is 15.9 Å². The Labute approximate surface area is 155 Å². The summed E-state index contributed by atoms with van der Waals surface area (Å²) in [5.74, 6) is -1.33. The topological polar surface area (TPSA) is 69.0 Å². The lowest BCUT2D eigenvalue weighted by Crippen LogP contribution is -2.36. The number of aryl methyl sites for hydroxylation is 1. The number of rotatable bonds is 3. The Morgan fingerprint density at radius 2 is 2.04 bits per heavy atom. The smallest absolute Gasteiger partial charge is 0.340 e. The maximum absolute atomic E-state index is 14.2. The minimum atomic E-state index is -0.717. The molecule has 4 rings (SSSR count). The van der Waals surface area contributed by atoms with Crippen molar-refractivity contribution in [3.63, 3.8) is 0 Å². The zero-order valence-corrected chi connectivity index (χ0v) is 15.1. The summed E-state index contributed by atoms with van der Waals surface area (Å²) >= 11 is 0. The van der Waals surface area contributed by atoms with Gasteiger partial charge in [-0.15, -0.1) is 0 Å². The minimum Gasteiger partial charge on any atom is -0.465 e. The number of anilines is 1. The third-order valence-electron chi connectivity index (χ3n) is 4.69. The van der Waals surface area contributed by atoms with Crippen LogP contribution in [0.2, 0.25) is 0 Å². The second-order valence-corrected chi connectivity index (χ2v) is 6.35. The van der Waals surface area contributed by atoms with Gasteiger partial charge in [-0.25, -0.2) is 18.7 Å². The van der Waals surface area contributed by atoms with Gasteiger partial charge in [-0.05, 0) is 30.7 Å². The van der Waals surface area contributed by atoms with Crippen LogP contribution >= 0.6 is 0 Å². The molecule has 2 aromatic heterocycles. The van der Waals surface area contributed by atoms with E-state index in [-0.39, 0.29) is 5.56 Å². The van der Waals surface area contributed by atoms with E-state index in [9.17, 15) is 9.18 Å². The first-order chi connectivity index (χ1) is 13.1. The van der Waals surface area contributed by atoms with E-state index in [1.807, 2.05) is 6.07 Å². The van der Waals surface area contributed by atoms with Crippen LogP contribution in [0.5, 0.6) is 0 Å². The number of methoxy groups -OCH3 is 1. The SMILES string of the molecule is COC(=O)c1cc(-c2cc(N3CCOCC3)c3nccn3n2)c(C)cc1F. The van der Waals surface area contributed by atoms with Crippen LogP contribution in [0, 0.1) is 12.7 Å². The monoisotopic (exact) mass is 370 g/mol. The van der Waals surface area contributed by atoms with Gasteiger partial charge in [-0.2, -0.15) is 5.10 Å². The first kappa shape index (κ1) is 17.4. The zero-order chi connectivity index (χ0) is 19.0. The van der Waals surface area contributed by atoms with Crippen molar-refractivity contribution >= 4 is 17.3 Å². The van der Waals surface area contributed by atoms with Gasteiger partial charge in [0.15, 0.2) is 5.65 Å². The highest BCUT2D eigenvalue weighted by Gasteiger charge is 2.20. The van der Waals surface area contributed by atoms with Crippen molar-refractivity contribution in [2.45, 2.75) is 6.92 Å². The van der Waals surface area contributed by atoms with Crippen LogP contribution in [0.15, 0.2) is 30.6 Å². The number of carbonyl (C=O) groups is 1. The number of nitrogens with zero attached hydrogens (tertiary/aromatic N) is 4. The molecule has 8 heteroatoms. The van der Waals surface area contributed by atoms with Gasteiger partial charge in [0, 0.05) is 31.0 Å². The predicted octanol–water partition coefficient (Wildman–Crippen LogP) is 2.47. The molecule has 0 bridgehead atoms. The van der Waals surface area contributed by atoms with E-state index in [0.29, 0.717) is 30.0 Å². The number of esters is 1. The van der Waals surface area contributed by atoms with Crippen molar-refractivity contribution in [1.29, 1.82) is 0 Å². The van der Waals surface area contributed by atoms with Gasteiger partial charge in [0.05, 0.1) is 37.3 Å². The van der Waals surface area contributed by atoms with Crippen molar-refractivity contribution in [3.05, 3.63) is 47.5 Å².